The molecule has 0 heterocycles. The molecule has 0 aromatic heterocycles. The van der Waals surface area contributed by atoms with Crippen LogP contribution in [0.3, 0.4) is 0 Å². The van der Waals surface area contributed by atoms with E-state index in [0.717, 1.165) is 30.0 Å². The minimum atomic E-state index is -4.26. The van der Waals surface area contributed by atoms with E-state index in [-0.39, 0.29) is 29.1 Å². The van der Waals surface area contributed by atoms with Crippen LogP contribution >= 0.6 is 34.8 Å². The lowest BCUT2D eigenvalue weighted by Crippen LogP contribution is -2.52. The number of ether oxygens (including phenoxy) is 1. The highest BCUT2D eigenvalue weighted by atomic mass is 35.5. The van der Waals surface area contributed by atoms with Gasteiger partial charge in [-0.15, -0.1) is 0 Å². The Labute approximate surface area is 261 Å². The molecule has 0 radical (unpaired) electrons. The molecule has 0 saturated heterocycles. The molecule has 1 N–H and O–H groups in total. The van der Waals surface area contributed by atoms with Gasteiger partial charge in [0.25, 0.3) is 10.0 Å². The SMILES string of the molecule is COc1ccc(S(=O)(=O)N(CC(=O)N(Cc2c(Cl)cccc2Cl)[C@H](C)C(=O)NC2CCCC2)c2cccc(Cl)c2)cc1. The molecule has 1 fully saturated rings. The Morgan fingerprint density at radius 3 is 2.19 bits per heavy atom. The van der Waals surface area contributed by atoms with E-state index in [1.165, 1.54) is 42.3 Å². The first-order chi connectivity index (χ1) is 20.0. The largest absolute Gasteiger partial charge is 0.497 e. The van der Waals surface area contributed by atoms with Crippen molar-refractivity contribution in [2.45, 2.75) is 56.1 Å². The molecule has 0 spiro atoms. The standard InChI is InChI=1S/C30H32Cl3N3O5S/c1-20(30(38)34-22-8-3-4-9-22)35(18-26-27(32)11-6-12-28(26)33)29(37)19-36(23-10-5-7-21(31)17-23)42(39,40)25-15-13-24(41-2)14-16-25/h5-7,10-17,20,22H,3-4,8-9,18-19H2,1-2H3,(H,34,38)/t20-/m1/s1. The van der Waals surface area contributed by atoms with Crippen molar-refractivity contribution in [2.24, 2.45) is 0 Å². The number of hydrogen-bond acceptors (Lipinski definition) is 5. The topological polar surface area (TPSA) is 96.0 Å². The molecule has 42 heavy (non-hydrogen) atoms. The normalized spacial score (nSPS) is 14.3. The van der Waals surface area contributed by atoms with Crippen LogP contribution in [0.5, 0.6) is 5.75 Å². The van der Waals surface area contributed by atoms with Crippen LogP contribution < -0.4 is 14.4 Å². The van der Waals surface area contributed by atoms with Gasteiger partial charge in [0.05, 0.1) is 17.7 Å². The van der Waals surface area contributed by atoms with Crippen LogP contribution in [-0.4, -0.2) is 50.9 Å². The molecule has 0 aliphatic heterocycles. The molecule has 0 unspecified atom stereocenters. The Kier molecular flexibility index (Phi) is 10.6. The summed E-state index contributed by atoms with van der Waals surface area (Å²) in [7, 11) is -2.78. The molecule has 1 aliphatic rings. The second kappa shape index (κ2) is 14.0. The molecule has 3 aromatic carbocycles. The van der Waals surface area contributed by atoms with Gasteiger partial charge >= 0.3 is 0 Å². The summed E-state index contributed by atoms with van der Waals surface area (Å²) in [5, 5.41) is 3.96. The number of amides is 2. The van der Waals surface area contributed by atoms with Gasteiger partial charge in [0.1, 0.15) is 18.3 Å². The first kappa shape index (κ1) is 31.9. The summed E-state index contributed by atoms with van der Waals surface area (Å²) in [6.45, 7) is 0.884. The minimum absolute atomic E-state index is 0.0270. The molecule has 2 amide bonds. The van der Waals surface area contributed by atoms with Gasteiger partial charge in [-0.3, -0.25) is 13.9 Å². The van der Waals surface area contributed by atoms with E-state index >= 15 is 0 Å². The zero-order chi connectivity index (χ0) is 30.4. The average Bonchev–Trinajstić information content (AvgIpc) is 3.48. The van der Waals surface area contributed by atoms with Crippen molar-refractivity contribution in [3.63, 3.8) is 0 Å². The molecule has 8 nitrogen and oxygen atoms in total. The third kappa shape index (κ3) is 7.50. The van der Waals surface area contributed by atoms with Crippen molar-refractivity contribution in [3.05, 3.63) is 87.4 Å². The van der Waals surface area contributed by atoms with Crippen LogP contribution in [0.25, 0.3) is 0 Å². The lowest BCUT2D eigenvalue weighted by molar-refractivity contribution is -0.139. The maximum absolute atomic E-state index is 14.1. The van der Waals surface area contributed by atoms with Crippen LogP contribution in [0.15, 0.2) is 71.6 Å². The van der Waals surface area contributed by atoms with Crippen LogP contribution in [0.1, 0.15) is 38.2 Å². The van der Waals surface area contributed by atoms with Crippen molar-refractivity contribution in [1.82, 2.24) is 10.2 Å². The highest BCUT2D eigenvalue weighted by Crippen LogP contribution is 2.30. The molecule has 3 aromatic rings. The van der Waals surface area contributed by atoms with Crippen LogP contribution in [0.4, 0.5) is 5.69 Å². The lowest BCUT2D eigenvalue weighted by Gasteiger charge is -2.33. The summed E-state index contributed by atoms with van der Waals surface area (Å²) in [6.07, 6.45) is 3.78. The molecule has 1 saturated carbocycles. The van der Waals surface area contributed by atoms with Crippen molar-refractivity contribution >= 4 is 62.3 Å². The fourth-order valence-corrected chi connectivity index (χ4v) is 6.97. The van der Waals surface area contributed by atoms with Gasteiger partial charge in [0, 0.05) is 33.2 Å². The number of nitrogens with zero attached hydrogens (tertiary/aromatic N) is 2. The van der Waals surface area contributed by atoms with Crippen molar-refractivity contribution in [3.8, 4) is 5.75 Å². The minimum Gasteiger partial charge on any atom is -0.497 e. The Bertz CT molecular complexity index is 1510. The number of hydrogen-bond donors (Lipinski definition) is 1. The van der Waals surface area contributed by atoms with E-state index in [4.69, 9.17) is 39.5 Å². The van der Waals surface area contributed by atoms with Gasteiger partial charge in [-0.05, 0) is 74.4 Å². The van der Waals surface area contributed by atoms with Gasteiger partial charge in [0.2, 0.25) is 11.8 Å². The molecule has 1 atom stereocenters. The fraction of sp³-hybridized carbons (Fsp3) is 0.333. The van der Waals surface area contributed by atoms with Gasteiger partial charge in [-0.2, -0.15) is 0 Å². The second-order valence-electron chi connectivity index (χ2n) is 10.1. The summed E-state index contributed by atoms with van der Waals surface area (Å²) >= 11 is 19.1. The van der Waals surface area contributed by atoms with E-state index in [9.17, 15) is 18.0 Å². The van der Waals surface area contributed by atoms with E-state index in [0.29, 0.717) is 26.4 Å². The number of sulfonamides is 1. The van der Waals surface area contributed by atoms with Gasteiger partial charge < -0.3 is 15.0 Å². The van der Waals surface area contributed by atoms with Gasteiger partial charge in [-0.1, -0.05) is 59.8 Å². The Morgan fingerprint density at radius 2 is 1.60 bits per heavy atom. The summed E-state index contributed by atoms with van der Waals surface area (Å²) in [5.74, 6) is -0.493. The summed E-state index contributed by atoms with van der Waals surface area (Å²) in [5.41, 5.74) is 0.632. The zero-order valence-electron chi connectivity index (χ0n) is 23.2. The second-order valence-corrected chi connectivity index (χ2v) is 13.2. The molecular formula is C30H32Cl3N3O5S. The van der Waals surface area contributed by atoms with Gasteiger partial charge in [0.15, 0.2) is 0 Å². The maximum atomic E-state index is 14.1. The maximum Gasteiger partial charge on any atom is 0.264 e. The molecule has 224 valence electrons. The smallest absolute Gasteiger partial charge is 0.264 e. The fourth-order valence-electron chi connectivity index (χ4n) is 4.86. The highest BCUT2D eigenvalue weighted by molar-refractivity contribution is 7.92. The van der Waals surface area contributed by atoms with E-state index < -0.39 is 28.5 Å². The highest BCUT2D eigenvalue weighted by Gasteiger charge is 2.34. The van der Waals surface area contributed by atoms with Gasteiger partial charge in [-0.25, -0.2) is 8.42 Å². The summed E-state index contributed by atoms with van der Waals surface area (Å²) in [4.78, 5) is 28.7. The van der Waals surface area contributed by atoms with Crippen molar-refractivity contribution in [2.75, 3.05) is 18.0 Å². The number of methoxy groups -OCH3 is 1. The third-order valence-corrected chi connectivity index (χ3v) is 10.0. The number of halogens is 3. The lowest BCUT2D eigenvalue weighted by atomic mass is 10.1. The first-order valence-corrected chi connectivity index (χ1v) is 16.0. The predicted molar refractivity (Wildman–Crippen MR) is 166 cm³/mol. The number of anilines is 1. The van der Waals surface area contributed by atoms with Crippen molar-refractivity contribution in [1.29, 1.82) is 0 Å². The van der Waals surface area contributed by atoms with Crippen LogP contribution in [-0.2, 0) is 26.2 Å². The zero-order valence-corrected chi connectivity index (χ0v) is 26.3. The molecule has 4 rings (SSSR count). The number of rotatable bonds is 11. The number of benzene rings is 3. The average molecular weight is 653 g/mol. The summed E-state index contributed by atoms with van der Waals surface area (Å²) in [6, 6.07) is 16.1. The molecule has 1 aliphatic carbocycles. The Balaban J connectivity index is 1.72. The molecule has 12 heteroatoms. The molecule has 0 bridgehead atoms. The Hall–Kier alpha value is -2.98. The third-order valence-electron chi connectivity index (χ3n) is 7.28. The number of carbonyl (C=O) groups excluding carboxylic acids is 2. The molecular weight excluding hydrogens is 621 g/mol. The first-order valence-electron chi connectivity index (χ1n) is 13.5. The Morgan fingerprint density at radius 1 is 0.976 bits per heavy atom. The van der Waals surface area contributed by atoms with E-state index in [2.05, 4.69) is 5.32 Å². The predicted octanol–water partition coefficient (Wildman–Crippen LogP) is 6.33. The van der Waals surface area contributed by atoms with Crippen LogP contribution in [0.2, 0.25) is 15.1 Å². The number of carbonyl (C=O) groups is 2. The van der Waals surface area contributed by atoms with Crippen molar-refractivity contribution < 1.29 is 22.7 Å². The monoisotopic (exact) mass is 651 g/mol. The van der Waals surface area contributed by atoms with Crippen LogP contribution in [0, 0.1) is 0 Å². The quantitative estimate of drug-likeness (QED) is 0.261. The summed E-state index contributed by atoms with van der Waals surface area (Å²) < 4.78 is 34.0. The van der Waals surface area contributed by atoms with E-state index in [1.54, 1.807) is 43.3 Å². The van der Waals surface area contributed by atoms with E-state index in [1.807, 2.05) is 0 Å². The number of nitrogens with one attached hydrogen (secondary N) is 1.